The number of nitrogens with zero attached hydrogens (tertiary/aromatic N) is 1. The van der Waals surface area contributed by atoms with Crippen molar-refractivity contribution in [3.05, 3.63) is 29.8 Å². The number of likely N-dealkylation sites (tertiary alicyclic amines) is 1. The van der Waals surface area contributed by atoms with Gasteiger partial charge in [-0.1, -0.05) is 18.6 Å². The second kappa shape index (κ2) is 5.75. The molecule has 0 spiro atoms. The fraction of sp³-hybridized carbons (Fsp3) is 0.625. The second-order valence-corrected chi connectivity index (χ2v) is 5.80. The number of hydrogen-bond acceptors (Lipinski definition) is 2. The van der Waals surface area contributed by atoms with Gasteiger partial charge >= 0.3 is 0 Å². The SMILES string of the molecule is CC(Cc1ccc(O)cc1)N1[C@H](C)CCC[C@@H]1C. The number of phenols is 1. The molecule has 1 unspecified atom stereocenters. The number of hydrogen-bond donors (Lipinski definition) is 1. The van der Waals surface area contributed by atoms with Gasteiger partial charge in [0, 0.05) is 18.1 Å². The second-order valence-electron chi connectivity index (χ2n) is 5.80. The standard InChI is InChI=1S/C16H25NO/c1-12-5-4-6-13(2)17(12)14(3)11-15-7-9-16(18)10-8-15/h7-10,12-14,18H,4-6,11H2,1-3H3/t12-,13+,14?. The number of piperidine rings is 1. The molecule has 3 atom stereocenters. The number of phenolic OH excluding ortho intramolecular Hbond substituents is 1. The molecule has 1 aliphatic heterocycles. The van der Waals surface area contributed by atoms with Crippen LogP contribution in [0.15, 0.2) is 24.3 Å². The number of benzene rings is 1. The maximum absolute atomic E-state index is 9.31. The van der Waals surface area contributed by atoms with Gasteiger partial charge in [-0.3, -0.25) is 4.90 Å². The van der Waals surface area contributed by atoms with E-state index in [0.29, 0.717) is 23.9 Å². The Morgan fingerprint density at radius 3 is 2.28 bits per heavy atom. The minimum absolute atomic E-state index is 0.353. The summed E-state index contributed by atoms with van der Waals surface area (Å²) in [5, 5.41) is 9.31. The van der Waals surface area contributed by atoms with Crippen LogP contribution in [0.5, 0.6) is 5.75 Å². The lowest BCUT2D eigenvalue weighted by Gasteiger charge is -2.43. The van der Waals surface area contributed by atoms with E-state index in [9.17, 15) is 5.11 Å². The molecule has 1 aliphatic rings. The van der Waals surface area contributed by atoms with Gasteiger partial charge in [-0.2, -0.15) is 0 Å². The normalized spacial score (nSPS) is 27.1. The molecule has 2 nitrogen and oxygen atoms in total. The van der Waals surface area contributed by atoms with Gasteiger partial charge < -0.3 is 5.11 Å². The van der Waals surface area contributed by atoms with Crippen LogP contribution in [0, 0.1) is 0 Å². The third-order valence-electron chi connectivity index (χ3n) is 4.24. The lowest BCUT2D eigenvalue weighted by atomic mass is 9.93. The van der Waals surface area contributed by atoms with E-state index in [2.05, 4.69) is 25.7 Å². The molecular weight excluding hydrogens is 222 g/mol. The van der Waals surface area contributed by atoms with Crippen LogP contribution in [-0.2, 0) is 6.42 Å². The first-order chi connectivity index (χ1) is 8.58. The highest BCUT2D eigenvalue weighted by molar-refractivity contribution is 5.26. The van der Waals surface area contributed by atoms with E-state index in [1.165, 1.54) is 24.8 Å². The van der Waals surface area contributed by atoms with Crippen LogP contribution in [0.2, 0.25) is 0 Å². The summed E-state index contributed by atoms with van der Waals surface area (Å²) in [5.74, 6) is 0.353. The first-order valence-corrected chi connectivity index (χ1v) is 7.13. The lowest BCUT2D eigenvalue weighted by molar-refractivity contribution is 0.0628. The molecule has 1 N–H and O–H groups in total. The van der Waals surface area contributed by atoms with Gasteiger partial charge in [0.15, 0.2) is 0 Å². The number of rotatable bonds is 3. The fourth-order valence-electron chi connectivity index (χ4n) is 3.39. The highest BCUT2D eigenvalue weighted by atomic mass is 16.3. The third kappa shape index (κ3) is 3.05. The topological polar surface area (TPSA) is 23.5 Å². The average Bonchev–Trinajstić information content (AvgIpc) is 2.32. The number of aromatic hydroxyl groups is 1. The first-order valence-electron chi connectivity index (χ1n) is 7.13. The van der Waals surface area contributed by atoms with Crippen LogP contribution < -0.4 is 0 Å². The van der Waals surface area contributed by atoms with Crippen molar-refractivity contribution < 1.29 is 5.11 Å². The summed E-state index contributed by atoms with van der Waals surface area (Å²) < 4.78 is 0. The zero-order chi connectivity index (χ0) is 13.1. The molecule has 100 valence electrons. The van der Waals surface area contributed by atoms with Gasteiger partial charge in [-0.15, -0.1) is 0 Å². The Hall–Kier alpha value is -1.02. The van der Waals surface area contributed by atoms with Crippen molar-refractivity contribution in [1.82, 2.24) is 4.90 Å². The molecule has 0 amide bonds. The van der Waals surface area contributed by atoms with Crippen molar-refractivity contribution in [2.75, 3.05) is 0 Å². The van der Waals surface area contributed by atoms with Crippen LogP contribution in [-0.4, -0.2) is 28.1 Å². The minimum atomic E-state index is 0.353. The van der Waals surface area contributed by atoms with Gasteiger partial charge in [0.05, 0.1) is 0 Å². The lowest BCUT2D eigenvalue weighted by Crippen LogP contribution is -2.49. The van der Waals surface area contributed by atoms with E-state index in [1.807, 2.05) is 12.1 Å². The van der Waals surface area contributed by atoms with Crippen molar-refractivity contribution in [2.45, 2.75) is 64.6 Å². The Balaban J connectivity index is 2.01. The van der Waals surface area contributed by atoms with Gasteiger partial charge in [0.2, 0.25) is 0 Å². The Morgan fingerprint density at radius 2 is 1.72 bits per heavy atom. The Kier molecular flexibility index (Phi) is 4.28. The van der Waals surface area contributed by atoms with E-state index in [4.69, 9.17) is 0 Å². The highest BCUT2D eigenvalue weighted by Crippen LogP contribution is 2.26. The molecule has 1 saturated heterocycles. The molecule has 0 bridgehead atoms. The highest BCUT2D eigenvalue weighted by Gasteiger charge is 2.28. The zero-order valence-electron chi connectivity index (χ0n) is 11.8. The smallest absolute Gasteiger partial charge is 0.115 e. The Morgan fingerprint density at radius 1 is 1.17 bits per heavy atom. The molecule has 1 aromatic rings. The van der Waals surface area contributed by atoms with E-state index in [-0.39, 0.29) is 0 Å². The molecule has 2 rings (SSSR count). The van der Waals surface area contributed by atoms with Crippen LogP contribution in [0.25, 0.3) is 0 Å². The average molecular weight is 247 g/mol. The van der Waals surface area contributed by atoms with Crippen LogP contribution in [0.1, 0.15) is 45.6 Å². The third-order valence-corrected chi connectivity index (χ3v) is 4.24. The summed E-state index contributed by atoms with van der Waals surface area (Å²) in [5.41, 5.74) is 1.31. The quantitative estimate of drug-likeness (QED) is 0.882. The Bertz CT molecular complexity index is 363. The first kappa shape index (κ1) is 13.4. The minimum Gasteiger partial charge on any atom is -0.508 e. The van der Waals surface area contributed by atoms with E-state index in [0.717, 1.165) is 6.42 Å². The zero-order valence-corrected chi connectivity index (χ0v) is 11.8. The van der Waals surface area contributed by atoms with Crippen molar-refractivity contribution in [2.24, 2.45) is 0 Å². The predicted molar refractivity (Wildman–Crippen MR) is 75.9 cm³/mol. The van der Waals surface area contributed by atoms with Crippen LogP contribution >= 0.6 is 0 Å². The summed E-state index contributed by atoms with van der Waals surface area (Å²) in [6.45, 7) is 7.02. The van der Waals surface area contributed by atoms with Crippen LogP contribution in [0.3, 0.4) is 0 Å². The molecule has 0 aromatic heterocycles. The predicted octanol–water partition coefficient (Wildman–Crippen LogP) is 3.59. The fourth-order valence-corrected chi connectivity index (χ4v) is 3.39. The monoisotopic (exact) mass is 247 g/mol. The largest absolute Gasteiger partial charge is 0.508 e. The summed E-state index contributed by atoms with van der Waals surface area (Å²) in [6.07, 6.45) is 5.08. The van der Waals surface area contributed by atoms with Crippen molar-refractivity contribution in [3.8, 4) is 5.75 Å². The summed E-state index contributed by atoms with van der Waals surface area (Å²) in [6, 6.07) is 9.59. The van der Waals surface area contributed by atoms with Gasteiger partial charge in [0.25, 0.3) is 0 Å². The van der Waals surface area contributed by atoms with E-state index < -0.39 is 0 Å². The molecule has 0 radical (unpaired) electrons. The molecule has 1 aromatic carbocycles. The summed E-state index contributed by atoms with van der Waals surface area (Å²) >= 11 is 0. The molecule has 18 heavy (non-hydrogen) atoms. The van der Waals surface area contributed by atoms with Gasteiger partial charge in [0.1, 0.15) is 5.75 Å². The van der Waals surface area contributed by atoms with Crippen LogP contribution in [0.4, 0.5) is 0 Å². The van der Waals surface area contributed by atoms with E-state index in [1.54, 1.807) is 12.1 Å². The maximum Gasteiger partial charge on any atom is 0.115 e. The van der Waals surface area contributed by atoms with Crippen molar-refractivity contribution in [3.63, 3.8) is 0 Å². The summed E-state index contributed by atoms with van der Waals surface area (Å²) in [4.78, 5) is 2.66. The molecule has 0 aliphatic carbocycles. The molecule has 1 fully saturated rings. The molecule has 1 heterocycles. The molecule has 2 heteroatoms. The van der Waals surface area contributed by atoms with Crippen molar-refractivity contribution >= 4 is 0 Å². The van der Waals surface area contributed by atoms with E-state index >= 15 is 0 Å². The maximum atomic E-state index is 9.31. The van der Waals surface area contributed by atoms with Gasteiger partial charge in [-0.25, -0.2) is 0 Å². The molecule has 0 saturated carbocycles. The van der Waals surface area contributed by atoms with Crippen molar-refractivity contribution in [1.29, 1.82) is 0 Å². The Labute approximate surface area is 111 Å². The molecular formula is C16H25NO. The van der Waals surface area contributed by atoms with Gasteiger partial charge in [-0.05, 0) is 57.7 Å². The summed E-state index contributed by atoms with van der Waals surface area (Å²) in [7, 11) is 0.